The van der Waals surface area contributed by atoms with Crippen molar-refractivity contribution in [2.45, 2.75) is 42.9 Å². The van der Waals surface area contributed by atoms with E-state index in [2.05, 4.69) is 10.3 Å². The Bertz CT molecular complexity index is 432. The molecule has 134 valence electrons. The summed E-state index contributed by atoms with van der Waals surface area (Å²) in [5.74, 6) is -1.35. The van der Waals surface area contributed by atoms with Gasteiger partial charge in [-0.3, -0.25) is 15.1 Å². The van der Waals surface area contributed by atoms with Crippen LogP contribution in [0.3, 0.4) is 0 Å². The predicted octanol–water partition coefficient (Wildman–Crippen LogP) is -4.12. The fraction of sp³-hybridized carbons (Fsp3) is 0.833. The number of ether oxygens (including phenoxy) is 1. The highest BCUT2D eigenvalue weighted by Crippen LogP contribution is 2.25. The molecule has 0 radical (unpaired) electrons. The normalized spacial score (nSPS) is 32.3. The van der Waals surface area contributed by atoms with Crippen LogP contribution < -0.4 is 16.8 Å². The summed E-state index contributed by atoms with van der Waals surface area (Å²) >= 11 is 0. The minimum absolute atomic E-state index is 0.0859. The average Bonchev–Trinajstić information content (AvgIpc) is 2.50. The van der Waals surface area contributed by atoms with Crippen LogP contribution in [0.25, 0.3) is 0 Å². The minimum atomic E-state index is -1.89. The summed E-state index contributed by atoms with van der Waals surface area (Å²) in [5.41, 5.74) is 8.44. The molecule has 0 aliphatic carbocycles. The molecule has 5 atom stereocenters. The van der Waals surface area contributed by atoms with E-state index in [0.29, 0.717) is 6.42 Å². The third kappa shape index (κ3) is 4.99. The van der Waals surface area contributed by atoms with Crippen molar-refractivity contribution in [2.75, 3.05) is 19.8 Å². The summed E-state index contributed by atoms with van der Waals surface area (Å²) < 4.78 is 5.18. The Morgan fingerprint density at radius 2 is 2.04 bits per heavy atom. The molecule has 0 amide bonds. The molecule has 1 aliphatic heterocycles. The number of nitrogens with zero attached hydrogens (tertiary/aromatic N) is 1. The second-order valence-corrected chi connectivity index (χ2v) is 5.35. The molecule has 10 N–H and O–H groups in total. The summed E-state index contributed by atoms with van der Waals surface area (Å²) in [6.07, 6.45) is -4.22. The van der Waals surface area contributed by atoms with Gasteiger partial charge in [-0.25, -0.2) is 0 Å². The van der Waals surface area contributed by atoms with Gasteiger partial charge in [0.1, 0.15) is 24.4 Å². The van der Waals surface area contributed by atoms with Crippen LogP contribution in [0, 0.1) is 0 Å². The summed E-state index contributed by atoms with van der Waals surface area (Å²) in [6.45, 7) is -0.952. The Balaban J connectivity index is 2.75. The first-order valence-corrected chi connectivity index (χ1v) is 7.08. The molecule has 0 aromatic heterocycles. The number of hydrogen-bond acceptors (Lipinski definition) is 8. The Morgan fingerprint density at radius 1 is 1.39 bits per heavy atom. The molecule has 0 saturated carbocycles. The fourth-order valence-electron chi connectivity index (χ4n) is 2.27. The zero-order valence-electron chi connectivity index (χ0n) is 12.5. The standard InChI is InChI=1S/C12H24N4O7/c13-11(14)15-3-1-2-6(10(21)22)16-12(5-17)9(20)8(19)7(18)4-23-12/h6-9,16-20H,1-5H2,(H,21,22)(H4,13,14,15)/t6-,7+,8+,9-,12-/m0/s1. The van der Waals surface area contributed by atoms with Crippen molar-refractivity contribution >= 4 is 11.9 Å². The monoisotopic (exact) mass is 336 g/mol. The zero-order valence-corrected chi connectivity index (χ0v) is 12.5. The van der Waals surface area contributed by atoms with Gasteiger partial charge in [0, 0.05) is 6.54 Å². The van der Waals surface area contributed by atoms with Gasteiger partial charge in [-0.15, -0.1) is 0 Å². The van der Waals surface area contributed by atoms with E-state index < -0.39 is 42.7 Å². The Morgan fingerprint density at radius 3 is 2.57 bits per heavy atom. The summed E-state index contributed by atoms with van der Waals surface area (Å²) in [5, 5.41) is 50.4. The van der Waals surface area contributed by atoms with Crippen LogP contribution >= 0.6 is 0 Å². The van der Waals surface area contributed by atoms with E-state index in [9.17, 15) is 30.3 Å². The molecule has 11 heteroatoms. The topological polar surface area (TPSA) is 204 Å². The molecule has 1 fully saturated rings. The maximum Gasteiger partial charge on any atom is 0.320 e. The smallest absolute Gasteiger partial charge is 0.320 e. The van der Waals surface area contributed by atoms with Gasteiger partial charge >= 0.3 is 5.97 Å². The molecular weight excluding hydrogens is 312 g/mol. The van der Waals surface area contributed by atoms with E-state index in [1.807, 2.05) is 0 Å². The van der Waals surface area contributed by atoms with Gasteiger partial charge in [-0.1, -0.05) is 0 Å². The van der Waals surface area contributed by atoms with E-state index in [1.54, 1.807) is 0 Å². The molecule has 1 saturated heterocycles. The number of guanidine groups is 1. The fourth-order valence-corrected chi connectivity index (χ4v) is 2.27. The Labute approximate surface area is 132 Å². The highest BCUT2D eigenvalue weighted by Gasteiger charge is 2.50. The number of nitrogens with two attached hydrogens (primary N) is 2. The van der Waals surface area contributed by atoms with Gasteiger partial charge in [0.05, 0.1) is 13.2 Å². The molecule has 23 heavy (non-hydrogen) atoms. The van der Waals surface area contributed by atoms with Crippen LogP contribution in [0.15, 0.2) is 4.99 Å². The number of rotatable bonds is 8. The third-order valence-electron chi connectivity index (χ3n) is 3.60. The summed E-state index contributed by atoms with van der Waals surface area (Å²) in [7, 11) is 0. The second-order valence-electron chi connectivity index (χ2n) is 5.35. The Kier molecular flexibility index (Phi) is 7.12. The lowest BCUT2D eigenvalue weighted by Gasteiger charge is -2.45. The molecular formula is C12H24N4O7. The first-order chi connectivity index (χ1) is 10.7. The van der Waals surface area contributed by atoms with Crippen molar-refractivity contribution in [3.05, 3.63) is 0 Å². The lowest BCUT2D eigenvalue weighted by Crippen LogP contribution is -2.71. The SMILES string of the molecule is NC(N)=NCCC[C@H](N[C@@]1(CO)OC[C@@H](O)[C@@H](O)[C@@H]1O)C(=O)O. The molecule has 0 aromatic carbocycles. The molecule has 11 nitrogen and oxygen atoms in total. The largest absolute Gasteiger partial charge is 0.480 e. The van der Waals surface area contributed by atoms with E-state index in [0.717, 1.165) is 0 Å². The highest BCUT2D eigenvalue weighted by molar-refractivity contribution is 5.75. The number of carboxylic acids is 1. The number of aliphatic hydroxyl groups excluding tert-OH is 4. The number of nitrogens with one attached hydrogen (secondary N) is 1. The van der Waals surface area contributed by atoms with Gasteiger partial charge < -0.3 is 41.7 Å². The van der Waals surface area contributed by atoms with Gasteiger partial charge in [0.25, 0.3) is 0 Å². The van der Waals surface area contributed by atoms with E-state index in [-0.39, 0.29) is 25.5 Å². The van der Waals surface area contributed by atoms with Crippen molar-refractivity contribution in [1.29, 1.82) is 0 Å². The molecule has 1 rings (SSSR count). The van der Waals surface area contributed by atoms with Crippen molar-refractivity contribution in [3.63, 3.8) is 0 Å². The van der Waals surface area contributed by atoms with Crippen molar-refractivity contribution in [2.24, 2.45) is 16.5 Å². The number of aliphatic carboxylic acids is 1. The molecule has 1 heterocycles. The number of aliphatic hydroxyl groups is 4. The molecule has 0 aromatic rings. The highest BCUT2D eigenvalue weighted by atomic mass is 16.6. The van der Waals surface area contributed by atoms with Crippen LogP contribution in [0.5, 0.6) is 0 Å². The summed E-state index contributed by atoms with van der Waals surface area (Å²) in [4.78, 5) is 15.1. The predicted molar refractivity (Wildman–Crippen MR) is 78.3 cm³/mol. The average molecular weight is 336 g/mol. The first kappa shape index (κ1) is 19.5. The van der Waals surface area contributed by atoms with E-state index in [4.69, 9.17) is 16.2 Å². The number of aliphatic imine (C=N–C) groups is 1. The third-order valence-corrected chi connectivity index (χ3v) is 3.60. The van der Waals surface area contributed by atoms with Crippen LogP contribution in [0.4, 0.5) is 0 Å². The maximum atomic E-state index is 11.3. The molecule has 0 bridgehead atoms. The molecule has 0 unspecified atom stereocenters. The zero-order chi connectivity index (χ0) is 17.6. The lowest BCUT2D eigenvalue weighted by atomic mass is 9.93. The second kappa shape index (κ2) is 8.38. The van der Waals surface area contributed by atoms with Gasteiger partial charge in [-0.2, -0.15) is 0 Å². The summed E-state index contributed by atoms with van der Waals surface area (Å²) in [6, 6.07) is -1.19. The lowest BCUT2D eigenvalue weighted by molar-refractivity contribution is -0.261. The van der Waals surface area contributed by atoms with Crippen molar-refractivity contribution in [3.8, 4) is 0 Å². The van der Waals surface area contributed by atoms with Crippen LogP contribution in [0.1, 0.15) is 12.8 Å². The first-order valence-electron chi connectivity index (χ1n) is 7.08. The van der Waals surface area contributed by atoms with Crippen LogP contribution in [0.2, 0.25) is 0 Å². The van der Waals surface area contributed by atoms with Gasteiger partial charge in [0.2, 0.25) is 0 Å². The molecule has 1 aliphatic rings. The van der Waals surface area contributed by atoms with Gasteiger partial charge in [0.15, 0.2) is 11.7 Å². The Hall–Kier alpha value is -1.50. The van der Waals surface area contributed by atoms with Crippen molar-refractivity contribution in [1.82, 2.24) is 5.32 Å². The van der Waals surface area contributed by atoms with Crippen LogP contribution in [-0.4, -0.2) is 87.3 Å². The van der Waals surface area contributed by atoms with E-state index >= 15 is 0 Å². The number of hydrogen-bond donors (Lipinski definition) is 8. The van der Waals surface area contributed by atoms with Crippen molar-refractivity contribution < 1.29 is 35.1 Å². The maximum absolute atomic E-state index is 11.3. The number of carboxylic acid groups (broad SMARTS) is 1. The van der Waals surface area contributed by atoms with Gasteiger partial charge in [-0.05, 0) is 12.8 Å². The van der Waals surface area contributed by atoms with E-state index in [1.165, 1.54) is 0 Å². The molecule has 0 spiro atoms. The minimum Gasteiger partial charge on any atom is -0.480 e. The quantitative estimate of drug-likeness (QED) is 0.122. The van der Waals surface area contributed by atoms with Crippen LogP contribution in [-0.2, 0) is 9.53 Å². The number of carbonyl (C=O) groups is 1.